The van der Waals surface area contributed by atoms with Crippen molar-refractivity contribution in [3.8, 4) is 83.7 Å². The van der Waals surface area contributed by atoms with Crippen molar-refractivity contribution in [1.82, 2.24) is 9.55 Å². The summed E-state index contributed by atoms with van der Waals surface area (Å²) < 4.78 is 2.42. The van der Waals surface area contributed by atoms with E-state index >= 15 is 0 Å². The second-order valence-electron chi connectivity index (χ2n) is 19.2. The normalized spacial score (nSPS) is 13.1. The van der Waals surface area contributed by atoms with Gasteiger partial charge in [0.05, 0.1) is 16.7 Å². The number of benzene rings is 10. The SMILES string of the molecule is c1ccc(-c2ccc(-n3c4ccc(-c5ccc(-c6ccnc(-c7ccccc7)c6)cc5)cc4c4cc(-c5ccc(-c6ccc7c(c6)CC6(C7)c7ccccc7-c7ccccc76)cc5)ccc43)cc2)cc1. The maximum absolute atomic E-state index is 4.67. The summed E-state index contributed by atoms with van der Waals surface area (Å²) in [5.74, 6) is 0. The molecular formula is C68H46N2. The molecule has 2 aliphatic carbocycles. The van der Waals surface area contributed by atoms with Crippen molar-refractivity contribution in [2.75, 3.05) is 0 Å². The Morgan fingerprint density at radius 3 is 1.30 bits per heavy atom. The van der Waals surface area contributed by atoms with Gasteiger partial charge in [0.1, 0.15) is 0 Å². The lowest BCUT2D eigenvalue weighted by Gasteiger charge is -2.26. The van der Waals surface area contributed by atoms with Gasteiger partial charge < -0.3 is 4.57 Å². The van der Waals surface area contributed by atoms with Crippen LogP contribution >= 0.6 is 0 Å². The van der Waals surface area contributed by atoms with Crippen LogP contribution < -0.4 is 0 Å². The Kier molecular flexibility index (Phi) is 9.28. The zero-order chi connectivity index (χ0) is 46.2. The zero-order valence-corrected chi connectivity index (χ0v) is 38.6. The highest BCUT2D eigenvalue weighted by Crippen LogP contribution is 2.55. The van der Waals surface area contributed by atoms with E-state index in [0.29, 0.717) is 0 Å². The molecule has 2 heteroatoms. The van der Waals surface area contributed by atoms with E-state index in [2.05, 4.69) is 252 Å². The third-order valence-corrected chi connectivity index (χ3v) is 15.3. The van der Waals surface area contributed by atoms with Gasteiger partial charge in [-0.3, -0.25) is 4.98 Å². The number of aromatic nitrogens is 2. The summed E-state index contributed by atoms with van der Waals surface area (Å²) in [4.78, 5) is 4.67. The van der Waals surface area contributed by atoms with Crippen molar-refractivity contribution in [2.24, 2.45) is 0 Å². The van der Waals surface area contributed by atoms with Crippen LogP contribution in [0.15, 0.2) is 255 Å². The van der Waals surface area contributed by atoms with Gasteiger partial charge in [-0.1, -0.05) is 200 Å². The van der Waals surface area contributed by atoms with E-state index in [1.165, 1.54) is 105 Å². The van der Waals surface area contributed by atoms with E-state index < -0.39 is 0 Å². The Hall–Kier alpha value is -8.85. The minimum Gasteiger partial charge on any atom is -0.309 e. The molecule has 0 saturated carbocycles. The smallest absolute Gasteiger partial charge is 0.0708 e. The summed E-state index contributed by atoms with van der Waals surface area (Å²) in [6, 6.07) is 91.7. The topological polar surface area (TPSA) is 17.8 Å². The highest BCUT2D eigenvalue weighted by atomic mass is 15.0. The van der Waals surface area contributed by atoms with E-state index in [9.17, 15) is 0 Å². The molecular weight excluding hydrogens is 845 g/mol. The molecule has 10 aromatic carbocycles. The molecule has 0 radical (unpaired) electrons. The quantitative estimate of drug-likeness (QED) is 0.156. The monoisotopic (exact) mass is 890 g/mol. The fourth-order valence-corrected chi connectivity index (χ4v) is 11.8. The van der Waals surface area contributed by atoms with Gasteiger partial charge in [-0.2, -0.15) is 0 Å². The van der Waals surface area contributed by atoms with Crippen molar-refractivity contribution in [3.63, 3.8) is 0 Å². The molecule has 12 aromatic rings. The second kappa shape index (κ2) is 16.2. The lowest BCUT2D eigenvalue weighted by molar-refractivity contribution is 0.563. The van der Waals surface area contributed by atoms with Gasteiger partial charge in [-0.25, -0.2) is 0 Å². The Bertz CT molecular complexity index is 3910. The Morgan fingerprint density at radius 2 is 0.729 bits per heavy atom. The van der Waals surface area contributed by atoms with E-state index in [1.54, 1.807) is 0 Å². The summed E-state index contributed by atoms with van der Waals surface area (Å²) in [6.45, 7) is 0. The number of hydrogen-bond acceptors (Lipinski definition) is 1. The molecule has 328 valence electrons. The molecule has 0 amide bonds. The maximum Gasteiger partial charge on any atom is 0.0708 e. The first-order valence-electron chi connectivity index (χ1n) is 24.4. The summed E-state index contributed by atoms with van der Waals surface area (Å²) in [5, 5.41) is 2.46. The fraction of sp³-hybridized carbons (Fsp3) is 0.0441. The second-order valence-corrected chi connectivity index (χ2v) is 19.2. The number of pyridine rings is 1. The van der Waals surface area contributed by atoms with Gasteiger partial charge in [-0.05, 0) is 150 Å². The predicted octanol–water partition coefficient (Wildman–Crippen LogP) is 17.2. The molecule has 0 fully saturated rings. The number of rotatable bonds is 7. The first-order valence-corrected chi connectivity index (χ1v) is 24.4. The third kappa shape index (κ3) is 6.59. The molecule has 1 spiro atoms. The van der Waals surface area contributed by atoms with Crippen molar-refractivity contribution in [1.29, 1.82) is 0 Å². The Morgan fingerprint density at radius 1 is 0.314 bits per heavy atom. The van der Waals surface area contributed by atoms with Crippen LogP contribution in [-0.2, 0) is 18.3 Å². The van der Waals surface area contributed by atoms with Crippen LogP contribution in [0.3, 0.4) is 0 Å². The molecule has 2 nitrogen and oxygen atoms in total. The van der Waals surface area contributed by atoms with Crippen molar-refractivity contribution in [2.45, 2.75) is 18.3 Å². The van der Waals surface area contributed by atoms with Gasteiger partial charge in [0.25, 0.3) is 0 Å². The lowest BCUT2D eigenvalue weighted by atomic mass is 9.76. The van der Waals surface area contributed by atoms with Gasteiger partial charge >= 0.3 is 0 Å². The first kappa shape index (κ1) is 40.2. The van der Waals surface area contributed by atoms with Crippen molar-refractivity contribution in [3.05, 3.63) is 277 Å². The van der Waals surface area contributed by atoms with Crippen LogP contribution in [0.2, 0.25) is 0 Å². The third-order valence-electron chi connectivity index (χ3n) is 15.3. The molecule has 0 aliphatic heterocycles. The van der Waals surface area contributed by atoms with Gasteiger partial charge in [0.2, 0.25) is 0 Å². The number of fused-ring (bicyclic) bond motifs is 9. The van der Waals surface area contributed by atoms with Gasteiger partial charge in [0.15, 0.2) is 0 Å². The molecule has 0 unspecified atom stereocenters. The van der Waals surface area contributed by atoms with Crippen molar-refractivity contribution >= 4 is 21.8 Å². The van der Waals surface area contributed by atoms with Gasteiger partial charge in [-0.15, -0.1) is 0 Å². The number of hydrogen-bond donors (Lipinski definition) is 0. The van der Waals surface area contributed by atoms with Crippen LogP contribution in [0.4, 0.5) is 0 Å². The summed E-state index contributed by atoms with van der Waals surface area (Å²) in [7, 11) is 0. The average molecular weight is 891 g/mol. The zero-order valence-electron chi connectivity index (χ0n) is 38.6. The molecule has 2 aliphatic rings. The first-order chi connectivity index (χ1) is 34.6. The fourth-order valence-electron chi connectivity index (χ4n) is 11.8. The van der Waals surface area contributed by atoms with Crippen LogP contribution in [-0.4, -0.2) is 9.55 Å². The highest BCUT2D eigenvalue weighted by molar-refractivity contribution is 6.11. The summed E-state index contributed by atoms with van der Waals surface area (Å²) in [6.07, 6.45) is 3.98. The Labute approximate surface area is 408 Å². The average Bonchev–Trinajstić information content (AvgIpc) is 4.08. The highest BCUT2D eigenvalue weighted by Gasteiger charge is 2.46. The largest absolute Gasteiger partial charge is 0.309 e. The van der Waals surface area contributed by atoms with Crippen LogP contribution in [0.5, 0.6) is 0 Å². The predicted molar refractivity (Wildman–Crippen MR) is 291 cm³/mol. The Balaban J connectivity index is 0.811. The lowest BCUT2D eigenvalue weighted by Crippen LogP contribution is -2.25. The van der Waals surface area contributed by atoms with E-state index in [-0.39, 0.29) is 5.41 Å². The van der Waals surface area contributed by atoms with E-state index in [4.69, 9.17) is 0 Å². The maximum atomic E-state index is 4.67. The summed E-state index contributed by atoms with van der Waals surface area (Å²) >= 11 is 0. The van der Waals surface area contributed by atoms with E-state index in [0.717, 1.165) is 35.3 Å². The molecule has 70 heavy (non-hydrogen) atoms. The minimum absolute atomic E-state index is 0.00493. The molecule has 0 bridgehead atoms. The molecule has 0 atom stereocenters. The van der Waals surface area contributed by atoms with E-state index in [1.807, 2.05) is 12.3 Å². The number of nitrogens with zero attached hydrogens (tertiary/aromatic N) is 2. The standard InChI is InChI=1S/C68H46N2/c1-3-11-45(12-4-1)46-29-33-58(34-30-46)70-66-35-31-53(40-61(66)62-41-54(32-36-67(62)70)49-23-25-50(26-24-49)55-37-38-69-65(42-55)51-13-5-2-6-14-51)48-21-19-47(20-22-48)52-27-28-56-43-68(44-57(56)39-52)63-17-9-7-15-59(63)60-16-8-10-18-64(60)68/h1-42H,43-44H2. The summed E-state index contributed by atoms with van der Waals surface area (Å²) in [5.41, 5.74) is 26.3. The van der Waals surface area contributed by atoms with Crippen LogP contribution in [0.1, 0.15) is 22.3 Å². The molecule has 14 rings (SSSR count). The molecule has 2 aromatic heterocycles. The van der Waals surface area contributed by atoms with Crippen molar-refractivity contribution < 1.29 is 0 Å². The minimum atomic E-state index is 0.00493. The molecule has 0 N–H and O–H groups in total. The molecule has 0 saturated heterocycles. The van der Waals surface area contributed by atoms with Crippen LogP contribution in [0.25, 0.3) is 106 Å². The van der Waals surface area contributed by atoms with Gasteiger partial charge in [0, 0.05) is 33.6 Å². The van der Waals surface area contributed by atoms with Crippen LogP contribution in [0, 0.1) is 0 Å². The molecule has 2 heterocycles.